The molecule has 1 atom stereocenters. The number of nitrogens with one attached hydrogen (secondary N) is 2. The van der Waals surface area contributed by atoms with Crippen LogP contribution in [0.5, 0.6) is 5.75 Å². The minimum Gasteiger partial charge on any atom is -0.506 e. The van der Waals surface area contributed by atoms with Crippen LogP contribution in [0.1, 0.15) is 52.7 Å². The molecule has 0 amide bonds. The molecule has 5 N–H and O–H groups in total. The Kier molecular flexibility index (Phi) is 10.5. The Labute approximate surface area is 306 Å². The quantitative estimate of drug-likeness (QED) is 0.0977. The summed E-state index contributed by atoms with van der Waals surface area (Å²) in [4.78, 5) is 43.6. The number of carbonyl (C=O) groups is 1. The summed E-state index contributed by atoms with van der Waals surface area (Å²) >= 11 is 2.79. The fourth-order valence-electron chi connectivity index (χ4n) is 7.20. The number of hydrogen-bond acceptors (Lipinski definition) is 11. The van der Waals surface area contributed by atoms with Gasteiger partial charge in [-0.1, -0.05) is 24.3 Å². The highest BCUT2D eigenvalue weighted by molar-refractivity contribution is 7.12. The van der Waals surface area contributed by atoms with Crippen LogP contribution < -0.4 is 16.6 Å². The van der Waals surface area contributed by atoms with Gasteiger partial charge in [-0.2, -0.15) is 0 Å². The Morgan fingerprint density at radius 3 is 2.46 bits per heavy atom. The number of oxazole rings is 1. The van der Waals surface area contributed by atoms with Gasteiger partial charge in [0.25, 0.3) is 0 Å². The Morgan fingerprint density at radius 2 is 1.79 bits per heavy atom. The second-order valence-corrected chi connectivity index (χ2v) is 15.1. The largest absolute Gasteiger partial charge is 0.506 e. The summed E-state index contributed by atoms with van der Waals surface area (Å²) in [6.07, 6.45) is 2.07. The van der Waals surface area contributed by atoms with Gasteiger partial charge in [0, 0.05) is 43.7 Å². The van der Waals surface area contributed by atoms with Crippen molar-refractivity contribution < 1.29 is 29.3 Å². The highest BCUT2D eigenvalue weighted by Crippen LogP contribution is 2.42. The van der Waals surface area contributed by atoms with E-state index in [9.17, 15) is 29.7 Å². The van der Waals surface area contributed by atoms with Crippen molar-refractivity contribution in [1.82, 2.24) is 19.8 Å². The monoisotopic (exact) mass is 744 g/mol. The average molecular weight is 745 g/mol. The van der Waals surface area contributed by atoms with Crippen molar-refractivity contribution in [3.05, 3.63) is 119 Å². The molecule has 52 heavy (non-hydrogen) atoms. The molecule has 0 saturated heterocycles. The number of fused-ring (bicyclic) bond motifs is 2. The lowest BCUT2D eigenvalue weighted by molar-refractivity contribution is -0.170. The molecule has 272 valence electrons. The minimum absolute atomic E-state index is 0.0661. The van der Waals surface area contributed by atoms with Gasteiger partial charge in [-0.3, -0.25) is 9.36 Å². The van der Waals surface area contributed by atoms with E-state index in [-0.39, 0.29) is 35.5 Å². The van der Waals surface area contributed by atoms with Crippen LogP contribution in [0.4, 0.5) is 0 Å². The smallest absolute Gasteiger partial charge is 0.419 e. The highest BCUT2D eigenvalue weighted by Gasteiger charge is 2.48. The maximum absolute atomic E-state index is 12.9. The molecule has 0 aliphatic heterocycles. The number of rotatable bonds is 14. The fraction of sp³-hybridized carbons (Fsp3) is 0.342. The molecule has 4 aromatic heterocycles. The molecule has 7 rings (SSSR count). The van der Waals surface area contributed by atoms with E-state index in [1.165, 1.54) is 34.8 Å². The van der Waals surface area contributed by atoms with E-state index in [0.29, 0.717) is 51.4 Å². The maximum atomic E-state index is 12.9. The van der Waals surface area contributed by atoms with Crippen molar-refractivity contribution in [2.75, 3.05) is 20.1 Å². The van der Waals surface area contributed by atoms with Crippen LogP contribution in [0.25, 0.3) is 22.0 Å². The van der Waals surface area contributed by atoms with Crippen LogP contribution in [0.2, 0.25) is 0 Å². The molecule has 0 spiro atoms. The number of nitrogens with zero attached hydrogens (tertiary/aromatic N) is 2. The molecule has 14 heteroatoms. The van der Waals surface area contributed by atoms with Gasteiger partial charge in [-0.25, -0.2) is 9.59 Å². The maximum Gasteiger partial charge on any atom is 0.419 e. The van der Waals surface area contributed by atoms with E-state index in [0.717, 1.165) is 31.2 Å². The van der Waals surface area contributed by atoms with Crippen molar-refractivity contribution in [3.63, 3.8) is 0 Å². The van der Waals surface area contributed by atoms with Crippen molar-refractivity contribution in [2.45, 2.75) is 62.6 Å². The van der Waals surface area contributed by atoms with Crippen molar-refractivity contribution >= 4 is 50.6 Å². The van der Waals surface area contributed by atoms with Crippen LogP contribution in [-0.4, -0.2) is 68.0 Å². The first kappa shape index (κ1) is 35.8. The predicted octanol–water partition coefficient (Wildman–Crippen LogP) is 5.38. The van der Waals surface area contributed by atoms with Gasteiger partial charge in [0.15, 0.2) is 5.58 Å². The summed E-state index contributed by atoms with van der Waals surface area (Å²) in [5, 5.41) is 39.0. The van der Waals surface area contributed by atoms with E-state index in [4.69, 9.17) is 9.15 Å². The lowest BCUT2D eigenvalue weighted by Gasteiger charge is -2.38. The van der Waals surface area contributed by atoms with E-state index in [1.54, 1.807) is 16.7 Å². The molecule has 0 unspecified atom stereocenters. The molecule has 6 aromatic rings. The zero-order valence-corrected chi connectivity index (χ0v) is 30.1. The summed E-state index contributed by atoms with van der Waals surface area (Å²) in [5.41, 5.74) is 1.06. The van der Waals surface area contributed by atoms with Gasteiger partial charge in [0.2, 0.25) is 11.2 Å². The third-order valence-electron chi connectivity index (χ3n) is 9.99. The molecule has 1 fully saturated rings. The van der Waals surface area contributed by atoms with Gasteiger partial charge in [-0.05, 0) is 91.0 Å². The first-order valence-electron chi connectivity index (χ1n) is 17.2. The number of hydrogen-bond donors (Lipinski definition) is 5. The lowest BCUT2D eigenvalue weighted by atomic mass is 9.90. The second kappa shape index (κ2) is 15.2. The van der Waals surface area contributed by atoms with Crippen LogP contribution in [0.15, 0.2) is 91.5 Å². The third kappa shape index (κ3) is 7.09. The third-order valence-corrected chi connectivity index (χ3v) is 11.9. The number of ether oxygens (including phenoxy) is 1. The first-order chi connectivity index (χ1) is 25.1. The standard InChI is InChI=1S/C38H40N4O8S2/c1-41(24-7-9-25(10-8-24)50-38(36(46)47,32-4-2-18-51-32)33-5-3-19-52-33)16-17-42-28-13-6-23(20-31(28)49-37(42)48)21-39-22-30(44)26-11-14-29(43)35-27(26)12-15-34(45)40-35/h2-6,11-15,18-20,24-25,30,39,43-44H,7-10,16-17,21-22H2,1H3,(H,40,45)(H,46,47)/t24-,25-,30-/m0/s1. The van der Waals surface area contributed by atoms with Gasteiger partial charge in [-0.15, -0.1) is 22.7 Å². The van der Waals surface area contributed by atoms with Crippen LogP contribution in [0.3, 0.4) is 0 Å². The molecular weight excluding hydrogens is 705 g/mol. The average Bonchev–Trinajstić information content (AvgIpc) is 3.93. The number of aliphatic carboxylic acids is 1. The zero-order valence-electron chi connectivity index (χ0n) is 28.5. The van der Waals surface area contributed by atoms with E-state index < -0.39 is 23.4 Å². The van der Waals surface area contributed by atoms with Crippen molar-refractivity contribution in [3.8, 4) is 5.75 Å². The summed E-state index contributed by atoms with van der Waals surface area (Å²) in [6, 6.07) is 19.3. The summed E-state index contributed by atoms with van der Waals surface area (Å²) in [6.45, 7) is 1.71. The number of aromatic hydroxyl groups is 1. The molecule has 12 nitrogen and oxygen atoms in total. The molecule has 1 aliphatic rings. The number of likely N-dealkylation sites (N-methyl/N-ethyl adjacent to an activating group) is 1. The molecule has 0 radical (unpaired) electrons. The number of phenolic OH excluding ortho intramolecular Hbond substituents is 1. The van der Waals surface area contributed by atoms with Crippen LogP contribution in [0, 0.1) is 0 Å². The SMILES string of the molecule is CN(CCn1c(=O)oc2cc(CNC[C@H](O)c3ccc(O)c4[nH]c(=O)ccc34)ccc21)[C@H]1CC[C@H](OC(C(=O)O)(c2cccs2)c2cccs2)CC1. The molecule has 0 bridgehead atoms. The molecular formula is C38H40N4O8S2. The number of aromatic amines is 1. The van der Waals surface area contributed by atoms with Gasteiger partial charge >= 0.3 is 11.7 Å². The fourth-order valence-corrected chi connectivity index (χ4v) is 9.00. The lowest BCUT2D eigenvalue weighted by Crippen LogP contribution is -2.45. The van der Waals surface area contributed by atoms with Crippen LogP contribution in [-0.2, 0) is 28.2 Å². The molecule has 4 heterocycles. The number of pyridine rings is 1. The normalized spacial score (nSPS) is 17.3. The van der Waals surface area contributed by atoms with Crippen molar-refractivity contribution in [1.29, 1.82) is 0 Å². The number of H-pyrrole nitrogens is 1. The Morgan fingerprint density at radius 1 is 1.06 bits per heavy atom. The number of aliphatic hydroxyl groups excluding tert-OH is 1. The summed E-state index contributed by atoms with van der Waals surface area (Å²) in [7, 11) is 2.05. The van der Waals surface area contributed by atoms with Gasteiger partial charge in [0.05, 0.1) is 33.0 Å². The van der Waals surface area contributed by atoms with Crippen molar-refractivity contribution in [2.24, 2.45) is 0 Å². The summed E-state index contributed by atoms with van der Waals surface area (Å²) in [5.74, 6) is -1.49. The number of thiophene rings is 2. The first-order valence-corrected chi connectivity index (χ1v) is 19.0. The number of aromatic nitrogens is 2. The minimum atomic E-state index is -1.51. The number of phenols is 1. The molecule has 1 saturated carbocycles. The summed E-state index contributed by atoms with van der Waals surface area (Å²) < 4.78 is 13.8. The van der Waals surface area contributed by atoms with Gasteiger partial charge in [0.1, 0.15) is 5.75 Å². The topological polar surface area (TPSA) is 170 Å². The number of benzene rings is 2. The van der Waals surface area contributed by atoms with E-state index in [2.05, 4.69) is 22.2 Å². The highest BCUT2D eigenvalue weighted by atomic mass is 32.1. The second-order valence-electron chi connectivity index (χ2n) is 13.2. The number of aliphatic hydroxyl groups is 1. The van der Waals surface area contributed by atoms with E-state index >= 15 is 0 Å². The predicted molar refractivity (Wildman–Crippen MR) is 200 cm³/mol. The van der Waals surface area contributed by atoms with Gasteiger partial charge < -0.3 is 39.7 Å². The van der Waals surface area contributed by atoms with E-state index in [1.807, 2.05) is 53.2 Å². The Hall–Kier alpha value is -4.57. The molecule has 1 aliphatic carbocycles. The zero-order chi connectivity index (χ0) is 36.4. The number of carboxylic acids is 1. The Balaban J connectivity index is 0.933. The Bertz CT molecular complexity index is 2240. The molecule has 2 aromatic carbocycles. The van der Waals surface area contributed by atoms with Crippen LogP contribution >= 0.6 is 22.7 Å². The number of carboxylic acid groups (broad SMARTS) is 1.